The first kappa shape index (κ1) is 14.9. The molecule has 0 saturated carbocycles. The molecule has 1 aromatic carbocycles. The van der Waals surface area contributed by atoms with Crippen LogP contribution in [0.15, 0.2) is 36.4 Å². The van der Waals surface area contributed by atoms with Crippen molar-refractivity contribution in [2.45, 2.75) is 52.0 Å². The molecule has 1 rings (SSSR count). The molecule has 0 aromatic heterocycles. The van der Waals surface area contributed by atoms with E-state index in [4.69, 9.17) is 5.84 Å². The van der Waals surface area contributed by atoms with Gasteiger partial charge in [-0.2, -0.15) is 0 Å². The molecule has 0 spiro atoms. The van der Waals surface area contributed by atoms with Crippen LogP contribution in [0.4, 0.5) is 0 Å². The number of hydrazine groups is 1. The Balaban J connectivity index is 3.02. The predicted molar refractivity (Wildman–Crippen MR) is 79.3 cm³/mol. The van der Waals surface area contributed by atoms with E-state index in [2.05, 4.69) is 64.0 Å². The van der Waals surface area contributed by atoms with Crippen molar-refractivity contribution >= 4 is 0 Å². The van der Waals surface area contributed by atoms with Gasteiger partial charge in [0.05, 0.1) is 0 Å². The van der Waals surface area contributed by atoms with Crippen LogP contribution in [0.1, 0.15) is 57.7 Å². The number of nitrogens with one attached hydrogen (secondary N) is 1. The lowest BCUT2D eigenvalue weighted by Crippen LogP contribution is -2.30. The Bertz CT molecular complexity index is 402. The fourth-order valence-corrected chi connectivity index (χ4v) is 2.20. The first-order valence-corrected chi connectivity index (χ1v) is 6.56. The summed E-state index contributed by atoms with van der Waals surface area (Å²) in [5.41, 5.74) is 6.93. The number of hydrogen-bond donors (Lipinski definition) is 2. The summed E-state index contributed by atoms with van der Waals surface area (Å²) in [6, 6.07) is 8.73. The molecule has 0 aliphatic rings. The summed E-state index contributed by atoms with van der Waals surface area (Å²) in [7, 11) is 0. The van der Waals surface area contributed by atoms with Gasteiger partial charge in [-0.15, -0.1) is 6.58 Å². The van der Waals surface area contributed by atoms with Gasteiger partial charge in [0.1, 0.15) is 0 Å². The van der Waals surface area contributed by atoms with Gasteiger partial charge in [0, 0.05) is 6.04 Å². The molecular formula is C16H26N2. The number of nitrogens with two attached hydrogens (primary N) is 1. The molecular weight excluding hydrogens is 220 g/mol. The lowest BCUT2D eigenvalue weighted by atomic mass is 9.81. The molecule has 0 aliphatic carbocycles. The van der Waals surface area contributed by atoms with E-state index in [0.29, 0.717) is 0 Å². The fourth-order valence-electron chi connectivity index (χ4n) is 2.20. The van der Waals surface area contributed by atoms with Gasteiger partial charge in [-0.25, -0.2) is 0 Å². The molecule has 0 aliphatic heterocycles. The topological polar surface area (TPSA) is 38.0 Å². The van der Waals surface area contributed by atoms with Gasteiger partial charge in [0.25, 0.3) is 0 Å². The second-order valence-electron chi connectivity index (χ2n) is 6.05. The first-order chi connectivity index (χ1) is 8.36. The normalized spacial score (nSPS) is 13.4. The van der Waals surface area contributed by atoms with Gasteiger partial charge in [-0.05, 0) is 36.3 Å². The summed E-state index contributed by atoms with van der Waals surface area (Å²) in [4.78, 5) is 0. The Morgan fingerprint density at radius 2 is 1.94 bits per heavy atom. The Hall–Kier alpha value is -1.12. The monoisotopic (exact) mass is 246 g/mol. The van der Waals surface area contributed by atoms with E-state index in [1.165, 1.54) is 16.7 Å². The highest BCUT2D eigenvalue weighted by molar-refractivity contribution is 5.35. The minimum absolute atomic E-state index is 0.134. The first-order valence-electron chi connectivity index (χ1n) is 6.56. The molecule has 0 fully saturated rings. The van der Waals surface area contributed by atoms with Gasteiger partial charge < -0.3 is 0 Å². The second kappa shape index (κ2) is 6.17. The Morgan fingerprint density at radius 1 is 1.33 bits per heavy atom. The maximum atomic E-state index is 5.72. The van der Waals surface area contributed by atoms with Gasteiger partial charge in [0.2, 0.25) is 0 Å². The summed E-state index contributed by atoms with van der Waals surface area (Å²) in [5.74, 6) is 5.72. The Morgan fingerprint density at radius 3 is 2.44 bits per heavy atom. The third-order valence-corrected chi connectivity index (χ3v) is 3.21. The SMILES string of the molecule is C=C(C)CCC(NN)c1ccccc1C(C)(C)C. The van der Waals surface area contributed by atoms with E-state index in [-0.39, 0.29) is 11.5 Å². The van der Waals surface area contributed by atoms with Crippen LogP contribution < -0.4 is 11.3 Å². The highest BCUT2D eigenvalue weighted by Crippen LogP contribution is 2.31. The van der Waals surface area contributed by atoms with Crippen LogP contribution in [0, 0.1) is 0 Å². The minimum Gasteiger partial charge on any atom is -0.271 e. The van der Waals surface area contributed by atoms with Crippen molar-refractivity contribution in [1.82, 2.24) is 5.43 Å². The third kappa shape index (κ3) is 3.97. The van der Waals surface area contributed by atoms with E-state index in [1.54, 1.807) is 0 Å². The molecule has 1 aromatic rings. The zero-order valence-electron chi connectivity index (χ0n) is 12.1. The van der Waals surface area contributed by atoms with Crippen LogP contribution in [0.2, 0.25) is 0 Å². The van der Waals surface area contributed by atoms with Gasteiger partial charge in [0.15, 0.2) is 0 Å². The minimum atomic E-state index is 0.134. The molecule has 0 saturated heterocycles. The maximum Gasteiger partial charge on any atom is 0.0465 e. The van der Waals surface area contributed by atoms with E-state index in [1.807, 2.05) is 0 Å². The predicted octanol–water partition coefficient (Wildman–Crippen LogP) is 3.84. The lowest BCUT2D eigenvalue weighted by molar-refractivity contribution is 0.493. The molecule has 0 heterocycles. The Labute approximate surface area is 111 Å². The average Bonchev–Trinajstić information content (AvgIpc) is 2.29. The summed E-state index contributed by atoms with van der Waals surface area (Å²) < 4.78 is 0. The molecule has 0 radical (unpaired) electrons. The summed E-state index contributed by atoms with van der Waals surface area (Å²) in [6.07, 6.45) is 1.98. The summed E-state index contributed by atoms with van der Waals surface area (Å²) >= 11 is 0. The molecule has 0 amide bonds. The van der Waals surface area contributed by atoms with Crippen LogP contribution in [0.3, 0.4) is 0 Å². The maximum absolute atomic E-state index is 5.72. The van der Waals surface area contributed by atoms with Crippen molar-refractivity contribution in [1.29, 1.82) is 0 Å². The molecule has 100 valence electrons. The third-order valence-electron chi connectivity index (χ3n) is 3.21. The van der Waals surface area contributed by atoms with Gasteiger partial charge in [-0.1, -0.05) is 50.6 Å². The highest BCUT2D eigenvalue weighted by Gasteiger charge is 2.21. The van der Waals surface area contributed by atoms with E-state index in [0.717, 1.165) is 12.8 Å². The molecule has 3 N–H and O–H groups in total. The van der Waals surface area contributed by atoms with Crippen molar-refractivity contribution in [2.24, 2.45) is 5.84 Å². The van der Waals surface area contributed by atoms with Crippen molar-refractivity contribution in [2.75, 3.05) is 0 Å². The van der Waals surface area contributed by atoms with Crippen molar-refractivity contribution in [3.05, 3.63) is 47.5 Å². The molecule has 2 nitrogen and oxygen atoms in total. The summed E-state index contributed by atoms with van der Waals surface area (Å²) in [6.45, 7) is 12.7. The number of hydrogen-bond acceptors (Lipinski definition) is 2. The fraction of sp³-hybridized carbons (Fsp3) is 0.500. The van der Waals surface area contributed by atoms with Crippen molar-refractivity contribution in [3.63, 3.8) is 0 Å². The van der Waals surface area contributed by atoms with Crippen molar-refractivity contribution < 1.29 is 0 Å². The smallest absolute Gasteiger partial charge is 0.0465 e. The zero-order valence-corrected chi connectivity index (χ0v) is 12.1. The standard InChI is InChI=1S/C16H26N2/c1-12(2)10-11-15(18-17)13-8-6-7-9-14(13)16(3,4)5/h6-9,15,18H,1,10-11,17H2,2-5H3. The Kier molecular flexibility index (Phi) is 5.12. The quantitative estimate of drug-likeness (QED) is 0.470. The molecule has 18 heavy (non-hydrogen) atoms. The number of rotatable bonds is 5. The molecule has 1 unspecified atom stereocenters. The zero-order chi connectivity index (χ0) is 13.8. The molecule has 0 bridgehead atoms. The summed E-state index contributed by atoms with van der Waals surface area (Å²) in [5, 5.41) is 0. The molecule has 1 atom stereocenters. The van der Waals surface area contributed by atoms with Gasteiger partial charge in [-0.3, -0.25) is 11.3 Å². The largest absolute Gasteiger partial charge is 0.271 e. The number of benzene rings is 1. The molecule has 2 heteroatoms. The van der Waals surface area contributed by atoms with E-state index >= 15 is 0 Å². The second-order valence-corrected chi connectivity index (χ2v) is 6.05. The highest BCUT2D eigenvalue weighted by atomic mass is 15.2. The van der Waals surface area contributed by atoms with Crippen molar-refractivity contribution in [3.8, 4) is 0 Å². The van der Waals surface area contributed by atoms with E-state index < -0.39 is 0 Å². The van der Waals surface area contributed by atoms with Gasteiger partial charge >= 0.3 is 0 Å². The van der Waals surface area contributed by atoms with Crippen LogP contribution >= 0.6 is 0 Å². The van der Waals surface area contributed by atoms with Crippen LogP contribution in [-0.2, 0) is 5.41 Å². The lowest BCUT2D eigenvalue weighted by Gasteiger charge is -2.27. The van der Waals surface area contributed by atoms with Crippen LogP contribution in [-0.4, -0.2) is 0 Å². The van der Waals surface area contributed by atoms with Crippen LogP contribution in [0.25, 0.3) is 0 Å². The van der Waals surface area contributed by atoms with E-state index in [9.17, 15) is 0 Å². The number of allylic oxidation sites excluding steroid dienone is 1. The van der Waals surface area contributed by atoms with Crippen LogP contribution in [0.5, 0.6) is 0 Å². The average molecular weight is 246 g/mol.